The zero-order valence-electron chi connectivity index (χ0n) is 34.9. The van der Waals surface area contributed by atoms with Gasteiger partial charge in [-0.05, 0) is 56.5 Å². The topological polar surface area (TPSA) is 221 Å². The Balaban J connectivity index is 1.56. The van der Waals surface area contributed by atoms with Crippen LogP contribution in [0.15, 0.2) is 83.5 Å². The summed E-state index contributed by atoms with van der Waals surface area (Å²) >= 11 is 0. The largest absolute Gasteiger partial charge is 0.456 e. The maximum absolute atomic E-state index is 15.4. The lowest BCUT2D eigenvalue weighted by atomic mass is 9.44. The Kier molecular flexibility index (Phi) is 12.1. The quantitative estimate of drug-likeness (QED) is 0.117. The molecule has 11 atom stereocenters. The molecule has 15 nitrogen and oxygen atoms in total. The van der Waals surface area contributed by atoms with Gasteiger partial charge in [-0.25, -0.2) is 9.59 Å². The van der Waals surface area contributed by atoms with E-state index in [9.17, 15) is 39.3 Å². The molecule has 4 N–H and O–H groups in total. The number of allylic oxidation sites excluding steroid dienone is 1. The molecule has 1 aliphatic heterocycles. The zero-order chi connectivity index (χ0) is 44.1. The average Bonchev–Trinajstić information content (AvgIpc) is 3.20. The highest BCUT2D eigenvalue weighted by Gasteiger charge is 2.78. The molecule has 0 radical (unpaired) electrons. The van der Waals surface area contributed by atoms with E-state index in [4.69, 9.17) is 23.7 Å². The first kappa shape index (κ1) is 44.3. The van der Waals surface area contributed by atoms with Crippen LogP contribution >= 0.6 is 0 Å². The number of aliphatic hydroxyl groups excluding tert-OH is 2. The third kappa shape index (κ3) is 7.24. The van der Waals surface area contributed by atoms with E-state index in [0.717, 1.165) is 13.8 Å². The fraction of sp³-hybridized carbons (Fsp3) is 0.511. The zero-order valence-corrected chi connectivity index (χ0v) is 34.9. The van der Waals surface area contributed by atoms with Gasteiger partial charge >= 0.3 is 23.9 Å². The molecule has 15 heteroatoms. The molecular weight excluding hydrogens is 778 g/mol. The maximum atomic E-state index is 15.4. The molecule has 6 rings (SSSR count). The van der Waals surface area contributed by atoms with Gasteiger partial charge < -0.3 is 44.3 Å². The molecule has 1 heterocycles. The van der Waals surface area contributed by atoms with Crippen molar-refractivity contribution in [1.82, 2.24) is 5.32 Å². The average molecular weight is 832 g/mol. The first-order valence-electron chi connectivity index (χ1n) is 19.9. The fourth-order valence-electron chi connectivity index (χ4n) is 9.75. The summed E-state index contributed by atoms with van der Waals surface area (Å²) in [6, 6.07) is 14.8. The van der Waals surface area contributed by atoms with Crippen LogP contribution in [-0.4, -0.2) is 105 Å². The molecule has 2 aromatic rings. The maximum Gasteiger partial charge on any atom is 0.338 e. The van der Waals surface area contributed by atoms with E-state index in [1.807, 2.05) is 0 Å². The molecule has 2 saturated carbocycles. The van der Waals surface area contributed by atoms with Gasteiger partial charge in [0.1, 0.15) is 23.9 Å². The second-order valence-electron chi connectivity index (χ2n) is 17.0. The van der Waals surface area contributed by atoms with Crippen molar-refractivity contribution < 1.29 is 67.8 Å². The number of ketones is 1. The van der Waals surface area contributed by atoms with Gasteiger partial charge in [-0.1, -0.05) is 68.5 Å². The first-order valence-corrected chi connectivity index (χ1v) is 19.9. The minimum absolute atomic E-state index is 0.00140. The third-order valence-electron chi connectivity index (χ3n) is 13.2. The number of aliphatic hydroxyl groups is 3. The van der Waals surface area contributed by atoms with E-state index in [1.165, 1.54) is 26.0 Å². The summed E-state index contributed by atoms with van der Waals surface area (Å²) in [5.41, 5.74) is -6.91. The van der Waals surface area contributed by atoms with E-state index in [1.54, 1.807) is 82.3 Å². The molecule has 60 heavy (non-hydrogen) atoms. The number of hydrogen-bond acceptors (Lipinski definition) is 14. The number of carbonyl (C=O) groups excluding carboxylic acids is 6. The SMILES string of the molecule is C/C=C(/C)C(=O)N[C@H](c1ccccc1)[C@@H](O)C(=O)O[C@H]1C[C@@]2(O)[C@@H](OC(=O)c3ccccc3)[C@@H]3[C@]4(OC(C)=O)CO[C@@H]4C[C@H](O)[C@@]3(C)C(=O)[C@H](OC(C)=O)C(=C1C)C2(C)C. The summed E-state index contributed by atoms with van der Waals surface area (Å²) in [5, 5.41) is 40.0. The summed E-state index contributed by atoms with van der Waals surface area (Å²) in [6.45, 7) is 11.2. The lowest BCUT2D eigenvalue weighted by Gasteiger charge is -2.67. The summed E-state index contributed by atoms with van der Waals surface area (Å²) in [7, 11) is 0. The number of esters is 4. The molecule has 1 amide bonds. The van der Waals surface area contributed by atoms with Crippen LogP contribution in [0.25, 0.3) is 0 Å². The standard InChI is InChI=1S/C45H53NO14/c1-9-23(2)39(52)46-33(27-16-12-10-13-17-27)34(50)41(54)58-29-21-45(55)38(59-40(53)28-18-14-11-15-19-28)36-43(8,30(49)20-31-44(36,22-56-31)60-26(5)48)37(51)35(57-25(4)47)32(24(29)3)42(45,6)7/h9-19,29-31,33-36,38,49-50,55H,20-22H2,1-8H3,(H,46,52)/b23-9-/t29-,30-,31+,33+,34+,35+,36-,38-,43+,44-,45+/m0/s1. The molecule has 0 unspecified atom stereocenters. The van der Waals surface area contributed by atoms with Crippen molar-refractivity contribution in [2.75, 3.05) is 6.61 Å². The van der Waals surface area contributed by atoms with Crippen molar-refractivity contribution in [2.24, 2.45) is 16.7 Å². The molecule has 3 fully saturated rings. The number of amides is 1. The molecular formula is C45H53NO14. The first-order chi connectivity index (χ1) is 28.1. The monoisotopic (exact) mass is 831 g/mol. The summed E-state index contributed by atoms with van der Waals surface area (Å²) in [5.74, 6) is -6.78. The van der Waals surface area contributed by atoms with Gasteiger partial charge in [0.2, 0.25) is 5.91 Å². The minimum Gasteiger partial charge on any atom is -0.456 e. The number of Topliss-reactive ketones (excluding diaryl/α,β-unsaturated/α-hetero) is 1. The van der Waals surface area contributed by atoms with Crippen LogP contribution in [0.5, 0.6) is 0 Å². The van der Waals surface area contributed by atoms with E-state index in [2.05, 4.69) is 5.32 Å². The Morgan fingerprint density at radius 1 is 0.917 bits per heavy atom. The number of hydrogen-bond donors (Lipinski definition) is 4. The van der Waals surface area contributed by atoms with E-state index >= 15 is 4.79 Å². The van der Waals surface area contributed by atoms with Crippen LogP contribution < -0.4 is 5.32 Å². The number of carbonyl (C=O) groups is 6. The van der Waals surface area contributed by atoms with E-state index < -0.39 is 113 Å². The van der Waals surface area contributed by atoms with E-state index in [-0.39, 0.29) is 29.7 Å². The number of ether oxygens (including phenoxy) is 5. The van der Waals surface area contributed by atoms with Crippen LogP contribution in [0.4, 0.5) is 0 Å². The molecule has 4 aliphatic rings. The number of rotatable bonds is 10. The fourth-order valence-corrected chi connectivity index (χ4v) is 9.75. The van der Waals surface area contributed by atoms with Crippen LogP contribution in [0.2, 0.25) is 0 Å². The normalized spacial score (nSPS) is 32.9. The Bertz CT molecular complexity index is 2110. The van der Waals surface area contributed by atoms with E-state index in [0.29, 0.717) is 11.1 Å². The Hall–Kier alpha value is -5.22. The number of fused-ring (bicyclic) bond motifs is 5. The smallest absolute Gasteiger partial charge is 0.338 e. The van der Waals surface area contributed by atoms with Gasteiger partial charge in [-0.2, -0.15) is 0 Å². The molecule has 0 aromatic heterocycles. The third-order valence-corrected chi connectivity index (χ3v) is 13.2. The Labute approximate surface area is 348 Å². The van der Waals surface area contributed by atoms with Crippen molar-refractivity contribution in [3.8, 4) is 0 Å². The molecule has 3 aliphatic carbocycles. The van der Waals surface area contributed by atoms with Crippen molar-refractivity contribution in [2.45, 2.75) is 122 Å². The van der Waals surface area contributed by atoms with Gasteiger partial charge in [0.15, 0.2) is 23.6 Å². The predicted octanol–water partition coefficient (Wildman–Crippen LogP) is 3.39. The molecule has 2 aromatic carbocycles. The van der Waals surface area contributed by atoms with Gasteiger partial charge in [0.05, 0.1) is 35.6 Å². The second kappa shape index (κ2) is 16.3. The molecule has 1 saturated heterocycles. The highest BCUT2D eigenvalue weighted by Crippen LogP contribution is 2.64. The van der Waals surface area contributed by atoms with Gasteiger partial charge in [-0.3, -0.25) is 19.2 Å². The van der Waals surface area contributed by atoms with Crippen molar-refractivity contribution in [3.63, 3.8) is 0 Å². The van der Waals surface area contributed by atoms with Crippen LogP contribution in [0.1, 0.15) is 90.2 Å². The summed E-state index contributed by atoms with van der Waals surface area (Å²) < 4.78 is 30.2. The predicted molar refractivity (Wildman–Crippen MR) is 211 cm³/mol. The summed E-state index contributed by atoms with van der Waals surface area (Å²) in [4.78, 5) is 82.9. The second-order valence-corrected chi connectivity index (χ2v) is 17.0. The number of nitrogens with one attached hydrogen (secondary N) is 1. The number of benzene rings is 2. The Morgan fingerprint density at radius 3 is 2.08 bits per heavy atom. The van der Waals surface area contributed by atoms with Crippen molar-refractivity contribution in [1.29, 1.82) is 0 Å². The summed E-state index contributed by atoms with van der Waals surface area (Å²) in [6.07, 6.45) is -8.88. The van der Waals surface area contributed by atoms with Gasteiger partial charge in [0.25, 0.3) is 0 Å². The molecule has 322 valence electrons. The lowest BCUT2D eigenvalue weighted by Crippen LogP contribution is -2.82. The Morgan fingerprint density at radius 2 is 1.53 bits per heavy atom. The van der Waals surface area contributed by atoms with Crippen LogP contribution in [0.3, 0.4) is 0 Å². The van der Waals surface area contributed by atoms with Crippen molar-refractivity contribution in [3.05, 3.63) is 94.6 Å². The van der Waals surface area contributed by atoms with Gasteiger partial charge in [-0.15, -0.1) is 0 Å². The van der Waals surface area contributed by atoms with Crippen LogP contribution in [-0.2, 0) is 47.7 Å². The minimum atomic E-state index is -2.38. The highest BCUT2D eigenvalue weighted by atomic mass is 16.6. The molecule has 2 bridgehead atoms. The van der Waals surface area contributed by atoms with Gasteiger partial charge in [0, 0.05) is 37.7 Å². The molecule has 0 spiro atoms. The lowest BCUT2D eigenvalue weighted by molar-refractivity contribution is -0.346. The van der Waals surface area contributed by atoms with Crippen LogP contribution in [0, 0.1) is 16.7 Å². The highest BCUT2D eigenvalue weighted by molar-refractivity contribution is 5.96. The van der Waals surface area contributed by atoms with Crippen molar-refractivity contribution >= 4 is 35.6 Å².